The van der Waals surface area contributed by atoms with E-state index < -0.39 is 5.54 Å². The highest BCUT2D eigenvalue weighted by molar-refractivity contribution is 5.84. The van der Waals surface area contributed by atoms with Crippen molar-refractivity contribution in [2.24, 2.45) is 5.73 Å². The Kier molecular flexibility index (Phi) is 8.21. The van der Waals surface area contributed by atoms with Gasteiger partial charge in [-0.1, -0.05) is 26.7 Å². The number of likely N-dealkylation sites (N-methyl/N-ethyl adjacent to an activating group) is 1. The van der Waals surface area contributed by atoms with E-state index in [2.05, 4.69) is 12.2 Å². The topological polar surface area (TPSA) is 64.3 Å². The fraction of sp³-hybridized carbons (Fsp3) is 0.917. The van der Waals surface area contributed by atoms with Crippen molar-refractivity contribution in [3.63, 3.8) is 0 Å². The molecule has 4 heteroatoms. The van der Waals surface area contributed by atoms with Crippen LogP contribution in [0.5, 0.6) is 0 Å². The van der Waals surface area contributed by atoms with Crippen molar-refractivity contribution >= 4 is 5.91 Å². The molecule has 1 amide bonds. The van der Waals surface area contributed by atoms with Gasteiger partial charge in [-0.15, -0.1) is 0 Å². The molecular weight excluding hydrogens is 204 g/mol. The molecule has 16 heavy (non-hydrogen) atoms. The van der Waals surface area contributed by atoms with Gasteiger partial charge in [-0.25, -0.2) is 0 Å². The Hall–Kier alpha value is -0.610. The molecule has 0 heterocycles. The molecule has 0 fully saturated rings. The summed E-state index contributed by atoms with van der Waals surface area (Å²) in [5.41, 5.74) is 4.72. The number of amides is 1. The van der Waals surface area contributed by atoms with E-state index in [1.165, 1.54) is 12.8 Å². The molecule has 1 atom stereocenters. The number of carbonyl (C=O) groups is 1. The summed E-state index contributed by atoms with van der Waals surface area (Å²) >= 11 is 0. The minimum absolute atomic E-state index is 0.313. The highest BCUT2D eigenvalue weighted by Gasteiger charge is 2.29. The number of hydrogen-bond donors (Lipinski definition) is 2. The molecule has 3 N–H and O–H groups in total. The quantitative estimate of drug-likeness (QED) is 0.558. The molecule has 0 bridgehead atoms. The van der Waals surface area contributed by atoms with E-state index in [4.69, 9.17) is 10.5 Å². The largest absolute Gasteiger partial charge is 0.381 e. The van der Waals surface area contributed by atoms with Gasteiger partial charge < -0.3 is 15.8 Å². The maximum atomic E-state index is 11.3. The zero-order valence-corrected chi connectivity index (χ0v) is 10.8. The second-order valence-corrected chi connectivity index (χ2v) is 4.30. The molecule has 0 aliphatic rings. The van der Waals surface area contributed by atoms with Gasteiger partial charge in [0.05, 0.1) is 5.54 Å². The van der Waals surface area contributed by atoms with Crippen LogP contribution in [0.3, 0.4) is 0 Å². The first-order valence-corrected chi connectivity index (χ1v) is 6.19. The lowest BCUT2D eigenvalue weighted by Crippen LogP contribution is -2.53. The van der Waals surface area contributed by atoms with Crippen molar-refractivity contribution < 1.29 is 9.53 Å². The average molecular weight is 230 g/mol. The molecule has 0 saturated carbocycles. The van der Waals surface area contributed by atoms with Crippen LogP contribution in [0.4, 0.5) is 0 Å². The number of nitrogens with two attached hydrogens (primary N) is 1. The van der Waals surface area contributed by atoms with Crippen LogP contribution < -0.4 is 11.1 Å². The zero-order valence-electron chi connectivity index (χ0n) is 10.8. The Morgan fingerprint density at radius 2 is 2.00 bits per heavy atom. The van der Waals surface area contributed by atoms with Crippen LogP contribution >= 0.6 is 0 Å². The maximum Gasteiger partial charge on any atom is 0.237 e. The van der Waals surface area contributed by atoms with Gasteiger partial charge in [-0.2, -0.15) is 0 Å². The first-order valence-electron chi connectivity index (χ1n) is 6.19. The van der Waals surface area contributed by atoms with Gasteiger partial charge in [0.2, 0.25) is 5.91 Å². The normalized spacial score (nSPS) is 14.7. The summed E-state index contributed by atoms with van der Waals surface area (Å²) in [5.74, 6) is -0.313. The van der Waals surface area contributed by atoms with Gasteiger partial charge in [-0.3, -0.25) is 4.79 Å². The molecule has 0 aliphatic carbocycles. The summed E-state index contributed by atoms with van der Waals surface area (Å²) in [6.45, 7) is 8.03. The van der Waals surface area contributed by atoms with E-state index in [0.717, 1.165) is 19.6 Å². The molecular formula is C12H26N2O2. The predicted octanol–water partition coefficient (Wildman–Crippen LogP) is 1.44. The molecule has 0 radical (unpaired) electrons. The van der Waals surface area contributed by atoms with Gasteiger partial charge in [0.25, 0.3) is 0 Å². The number of ether oxygens (including phenoxy) is 1. The highest BCUT2D eigenvalue weighted by atomic mass is 16.5. The lowest BCUT2D eigenvalue weighted by molar-refractivity contribution is -0.124. The van der Waals surface area contributed by atoms with Crippen LogP contribution in [0.1, 0.15) is 46.5 Å². The lowest BCUT2D eigenvalue weighted by atomic mass is 9.97. The molecule has 1 unspecified atom stereocenters. The van der Waals surface area contributed by atoms with Crippen molar-refractivity contribution in [3.05, 3.63) is 0 Å². The molecule has 0 aromatic heterocycles. The number of nitrogens with one attached hydrogen (secondary N) is 1. The van der Waals surface area contributed by atoms with Crippen molar-refractivity contribution in [1.29, 1.82) is 0 Å². The van der Waals surface area contributed by atoms with E-state index >= 15 is 0 Å². The molecule has 0 aliphatic heterocycles. The second kappa shape index (κ2) is 8.53. The summed E-state index contributed by atoms with van der Waals surface area (Å²) in [5, 5.41) is 3.11. The van der Waals surface area contributed by atoms with Crippen LogP contribution in [0.2, 0.25) is 0 Å². The summed E-state index contributed by atoms with van der Waals surface area (Å²) in [7, 11) is 0. The van der Waals surface area contributed by atoms with Crippen LogP contribution in [0.15, 0.2) is 0 Å². The number of unbranched alkanes of at least 4 members (excludes halogenated alkanes) is 2. The third-order valence-electron chi connectivity index (χ3n) is 2.75. The van der Waals surface area contributed by atoms with Crippen molar-refractivity contribution in [1.82, 2.24) is 5.32 Å². The Labute approximate surface area is 98.9 Å². The molecule has 96 valence electrons. The summed E-state index contributed by atoms with van der Waals surface area (Å²) in [4.78, 5) is 11.3. The Morgan fingerprint density at radius 1 is 1.31 bits per heavy atom. The minimum Gasteiger partial charge on any atom is -0.381 e. The SMILES string of the molecule is CCCCCOCCC(C)(NCC)C(N)=O. The average Bonchev–Trinajstić information content (AvgIpc) is 2.23. The molecule has 4 nitrogen and oxygen atoms in total. The molecule has 0 spiro atoms. The zero-order chi connectivity index (χ0) is 12.4. The monoisotopic (exact) mass is 230 g/mol. The van der Waals surface area contributed by atoms with E-state index in [9.17, 15) is 4.79 Å². The van der Waals surface area contributed by atoms with Crippen molar-refractivity contribution in [3.8, 4) is 0 Å². The minimum atomic E-state index is -0.639. The van der Waals surface area contributed by atoms with Gasteiger partial charge in [0.1, 0.15) is 0 Å². The van der Waals surface area contributed by atoms with E-state index in [-0.39, 0.29) is 5.91 Å². The summed E-state index contributed by atoms with van der Waals surface area (Å²) in [6, 6.07) is 0. The third-order valence-corrected chi connectivity index (χ3v) is 2.75. The van der Waals surface area contributed by atoms with E-state index in [1.807, 2.05) is 13.8 Å². The number of primary amides is 1. The molecule has 0 aromatic rings. The Morgan fingerprint density at radius 3 is 2.50 bits per heavy atom. The van der Waals surface area contributed by atoms with Crippen molar-refractivity contribution in [2.45, 2.75) is 52.0 Å². The van der Waals surface area contributed by atoms with Gasteiger partial charge in [0, 0.05) is 13.2 Å². The molecule has 0 aromatic carbocycles. The standard InChI is InChI=1S/C12H26N2O2/c1-4-6-7-9-16-10-8-12(3,11(13)15)14-5-2/h14H,4-10H2,1-3H3,(H2,13,15). The smallest absolute Gasteiger partial charge is 0.237 e. The fourth-order valence-electron chi connectivity index (χ4n) is 1.52. The number of rotatable bonds is 10. The van der Waals surface area contributed by atoms with Crippen LogP contribution in [0, 0.1) is 0 Å². The van der Waals surface area contributed by atoms with Gasteiger partial charge >= 0.3 is 0 Å². The number of hydrogen-bond acceptors (Lipinski definition) is 3. The fourth-order valence-corrected chi connectivity index (χ4v) is 1.52. The Balaban J connectivity index is 3.73. The second-order valence-electron chi connectivity index (χ2n) is 4.30. The van der Waals surface area contributed by atoms with E-state index in [0.29, 0.717) is 13.0 Å². The molecule has 0 rings (SSSR count). The predicted molar refractivity (Wildman–Crippen MR) is 66.2 cm³/mol. The number of carbonyl (C=O) groups excluding carboxylic acids is 1. The Bertz CT molecular complexity index is 197. The van der Waals surface area contributed by atoms with Gasteiger partial charge in [0.15, 0.2) is 0 Å². The first-order chi connectivity index (χ1) is 7.56. The first kappa shape index (κ1) is 15.4. The van der Waals surface area contributed by atoms with Gasteiger partial charge in [-0.05, 0) is 26.3 Å². The summed E-state index contributed by atoms with van der Waals surface area (Å²) < 4.78 is 5.48. The maximum absolute atomic E-state index is 11.3. The van der Waals surface area contributed by atoms with Crippen LogP contribution in [0.25, 0.3) is 0 Å². The molecule has 0 saturated heterocycles. The highest BCUT2D eigenvalue weighted by Crippen LogP contribution is 2.09. The third kappa shape index (κ3) is 6.08. The summed E-state index contributed by atoms with van der Waals surface area (Å²) in [6.07, 6.45) is 4.10. The van der Waals surface area contributed by atoms with E-state index in [1.54, 1.807) is 0 Å². The van der Waals surface area contributed by atoms with Crippen LogP contribution in [-0.2, 0) is 9.53 Å². The van der Waals surface area contributed by atoms with Crippen molar-refractivity contribution in [2.75, 3.05) is 19.8 Å². The van der Waals surface area contributed by atoms with Crippen LogP contribution in [-0.4, -0.2) is 31.2 Å². The lowest BCUT2D eigenvalue weighted by Gasteiger charge is -2.26.